The number of carbonyl (C=O) groups excluding carboxylic acids is 3. The Balaban J connectivity index is 4.43. The number of hydrogen-bond acceptors (Lipinski definition) is 6. The molecule has 0 bridgehead atoms. The topological polar surface area (TPSA) is 119 Å². The fraction of sp³-hybridized carbons (Fsp3) is 0.692. The van der Waals surface area contributed by atoms with Crippen LogP contribution in [0.4, 0.5) is 0 Å². The van der Waals surface area contributed by atoms with Crippen LogP contribution in [0.1, 0.15) is 40.0 Å². The lowest BCUT2D eigenvalue weighted by Gasteiger charge is -2.21. The van der Waals surface area contributed by atoms with Gasteiger partial charge in [-0.2, -0.15) is 0 Å². The van der Waals surface area contributed by atoms with Gasteiger partial charge >= 0.3 is 17.9 Å². The van der Waals surface area contributed by atoms with Crippen LogP contribution in [-0.2, 0) is 28.7 Å². The van der Waals surface area contributed by atoms with Crippen molar-refractivity contribution >= 4 is 23.8 Å². The van der Waals surface area contributed by atoms with Crippen LogP contribution in [0.15, 0.2) is 0 Å². The van der Waals surface area contributed by atoms with E-state index in [-0.39, 0.29) is 12.8 Å². The third-order valence-electron chi connectivity index (χ3n) is 2.21. The summed E-state index contributed by atoms with van der Waals surface area (Å²) in [6, 6.07) is -1.40. The van der Waals surface area contributed by atoms with E-state index < -0.39 is 41.9 Å². The van der Waals surface area contributed by atoms with Crippen molar-refractivity contribution in [2.24, 2.45) is 0 Å². The minimum atomic E-state index is -1.40. The van der Waals surface area contributed by atoms with Crippen LogP contribution in [0.2, 0.25) is 0 Å². The first-order valence-corrected chi connectivity index (χ1v) is 6.36. The second-order valence-electron chi connectivity index (χ2n) is 5.33. The molecule has 1 atom stereocenters. The molecular weight excluding hydrogens is 282 g/mol. The summed E-state index contributed by atoms with van der Waals surface area (Å²) in [7, 11) is 1.18. The van der Waals surface area contributed by atoms with Crippen molar-refractivity contribution < 1.29 is 33.8 Å². The standard InChI is InChI=1S/C13H21NO7/c1-13(2,3)21-11(17)7-8(12(18)19)14-9(15)5-6-10(16)20-4/h8H,5-7H2,1-4H3,(H,14,15)(H,18,19). The Morgan fingerprint density at radius 1 is 1.10 bits per heavy atom. The van der Waals surface area contributed by atoms with E-state index in [9.17, 15) is 19.2 Å². The summed E-state index contributed by atoms with van der Waals surface area (Å²) in [4.78, 5) is 45.0. The first-order valence-electron chi connectivity index (χ1n) is 6.36. The summed E-state index contributed by atoms with van der Waals surface area (Å²) in [5, 5.41) is 11.1. The van der Waals surface area contributed by atoms with Crippen molar-refractivity contribution in [1.29, 1.82) is 0 Å². The van der Waals surface area contributed by atoms with Crippen molar-refractivity contribution in [1.82, 2.24) is 5.32 Å². The number of carboxylic acid groups (broad SMARTS) is 1. The highest BCUT2D eigenvalue weighted by Gasteiger charge is 2.26. The number of hydrogen-bond donors (Lipinski definition) is 2. The van der Waals surface area contributed by atoms with Gasteiger partial charge in [0.2, 0.25) is 5.91 Å². The number of methoxy groups -OCH3 is 1. The molecule has 0 aliphatic rings. The smallest absolute Gasteiger partial charge is 0.326 e. The Morgan fingerprint density at radius 3 is 2.10 bits per heavy atom. The number of carbonyl (C=O) groups is 4. The second kappa shape index (κ2) is 8.23. The molecule has 120 valence electrons. The van der Waals surface area contributed by atoms with Crippen LogP contribution < -0.4 is 5.32 Å². The molecule has 0 radical (unpaired) electrons. The molecular formula is C13H21NO7. The van der Waals surface area contributed by atoms with Gasteiger partial charge in [0.1, 0.15) is 11.6 Å². The maximum Gasteiger partial charge on any atom is 0.326 e. The number of nitrogens with one attached hydrogen (secondary N) is 1. The molecule has 0 aliphatic carbocycles. The molecule has 0 rings (SSSR count). The van der Waals surface area contributed by atoms with Crippen molar-refractivity contribution in [3.63, 3.8) is 0 Å². The van der Waals surface area contributed by atoms with Crippen LogP contribution in [-0.4, -0.2) is 47.7 Å². The molecule has 0 saturated carbocycles. The lowest BCUT2D eigenvalue weighted by molar-refractivity contribution is -0.158. The summed E-state index contributed by atoms with van der Waals surface area (Å²) in [6.07, 6.45) is -0.873. The molecule has 0 fully saturated rings. The molecule has 0 aromatic heterocycles. The number of rotatable bonds is 7. The molecule has 1 amide bonds. The van der Waals surface area contributed by atoms with Gasteiger partial charge in [0.25, 0.3) is 0 Å². The van der Waals surface area contributed by atoms with Gasteiger partial charge in [-0.3, -0.25) is 14.4 Å². The van der Waals surface area contributed by atoms with Gasteiger partial charge in [0.05, 0.1) is 20.0 Å². The largest absolute Gasteiger partial charge is 0.480 e. The van der Waals surface area contributed by atoms with E-state index in [0.717, 1.165) is 0 Å². The average Bonchev–Trinajstić information content (AvgIpc) is 2.32. The molecule has 8 nitrogen and oxygen atoms in total. The zero-order valence-corrected chi connectivity index (χ0v) is 12.6. The summed E-state index contributed by atoms with van der Waals surface area (Å²) in [5.74, 6) is -3.32. The molecule has 0 aliphatic heterocycles. The van der Waals surface area contributed by atoms with Crippen molar-refractivity contribution in [3.05, 3.63) is 0 Å². The lowest BCUT2D eigenvalue weighted by Crippen LogP contribution is -2.43. The number of aliphatic carboxylic acids is 1. The quantitative estimate of drug-likeness (QED) is 0.646. The van der Waals surface area contributed by atoms with Gasteiger partial charge < -0.3 is 19.9 Å². The molecule has 21 heavy (non-hydrogen) atoms. The molecule has 0 spiro atoms. The predicted molar refractivity (Wildman–Crippen MR) is 71.3 cm³/mol. The zero-order valence-electron chi connectivity index (χ0n) is 12.6. The molecule has 0 heterocycles. The van der Waals surface area contributed by atoms with E-state index in [4.69, 9.17) is 9.84 Å². The second-order valence-corrected chi connectivity index (χ2v) is 5.33. The lowest BCUT2D eigenvalue weighted by atomic mass is 10.1. The molecule has 0 aromatic rings. The van der Waals surface area contributed by atoms with Gasteiger partial charge in [-0.05, 0) is 20.8 Å². The fourth-order valence-electron chi connectivity index (χ4n) is 1.33. The maximum absolute atomic E-state index is 11.6. The van der Waals surface area contributed by atoms with E-state index in [1.54, 1.807) is 20.8 Å². The summed E-state index contributed by atoms with van der Waals surface area (Å²) in [5.41, 5.74) is -0.741. The van der Waals surface area contributed by atoms with Crippen molar-refractivity contribution in [2.75, 3.05) is 7.11 Å². The molecule has 0 saturated heterocycles. The highest BCUT2D eigenvalue weighted by Crippen LogP contribution is 2.09. The molecule has 1 unspecified atom stereocenters. The Morgan fingerprint density at radius 2 is 1.67 bits per heavy atom. The van der Waals surface area contributed by atoms with E-state index in [1.807, 2.05) is 0 Å². The molecule has 8 heteroatoms. The first-order chi connectivity index (χ1) is 9.55. The highest BCUT2D eigenvalue weighted by molar-refractivity contribution is 5.88. The van der Waals surface area contributed by atoms with Crippen molar-refractivity contribution in [3.8, 4) is 0 Å². The summed E-state index contributed by atoms with van der Waals surface area (Å²) >= 11 is 0. The van der Waals surface area contributed by atoms with Crippen LogP contribution in [0.5, 0.6) is 0 Å². The molecule has 0 aromatic carbocycles. The Labute approximate surface area is 122 Å². The van der Waals surface area contributed by atoms with E-state index in [2.05, 4.69) is 10.1 Å². The van der Waals surface area contributed by atoms with Crippen LogP contribution in [0.25, 0.3) is 0 Å². The third-order valence-corrected chi connectivity index (χ3v) is 2.21. The van der Waals surface area contributed by atoms with Gasteiger partial charge in [0.15, 0.2) is 0 Å². The minimum absolute atomic E-state index is 0.166. The normalized spacial score (nSPS) is 12.2. The SMILES string of the molecule is COC(=O)CCC(=O)NC(CC(=O)OC(C)(C)C)C(=O)O. The van der Waals surface area contributed by atoms with E-state index in [1.165, 1.54) is 7.11 Å². The highest BCUT2D eigenvalue weighted by atomic mass is 16.6. The van der Waals surface area contributed by atoms with Crippen LogP contribution in [0, 0.1) is 0 Å². The maximum atomic E-state index is 11.6. The van der Waals surface area contributed by atoms with Gasteiger partial charge in [0, 0.05) is 6.42 Å². The van der Waals surface area contributed by atoms with Crippen molar-refractivity contribution in [2.45, 2.75) is 51.7 Å². The fourth-order valence-corrected chi connectivity index (χ4v) is 1.33. The average molecular weight is 303 g/mol. The minimum Gasteiger partial charge on any atom is -0.480 e. The van der Waals surface area contributed by atoms with Gasteiger partial charge in [-0.25, -0.2) is 4.79 Å². The van der Waals surface area contributed by atoms with E-state index in [0.29, 0.717) is 0 Å². The number of esters is 2. The zero-order chi connectivity index (χ0) is 16.6. The Hall–Kier alpha value is -2.12. The van der Waals surface area contributed by atoms with Gasteiger partial charge in [-0.15, -0.1) is 0 Å². The monoisotopic (exact) mass is 303 g/mol. The predicted octanol–water partition coefficient (Wildman–Crippen LogP) is 0.241. The summed E-state index contributed by atoms with van der Waals surface area (Å²) < 4.78 is 9.35. The van der Waals surface area contributed by atoms with E-state index >= 15 is 0 Å². The molecule has 2 N–H and O–H groups in total. The first kappa shape index (κ1) is 18.9. The third kappa shape index (κ3) is 9.42. The van der Waals surface area contributed by atoms with Gasteiger partial charge in [-0.1, -0.05) is 0 Å². The Bertz CT molecular complexity index is 411. The number of carboxylic acids is 1. The number of amides is 1. The Kier molecular flexibility index (Phi) is 7.40. The van der Waals surface area contributed by atoms with Crippen LogP contribution >= 0.6 is 0 Å². The number of ether oxygens (including phenoxy) is 2. The summed E-state index contributed by atoms with van der Waals surface area (Å²) in [6.45, 7) is 4.95. The van der Waals surface area contributed by atoms with Crippen LogP contribution in [0.3, 0.4) is 0 Å².